The monoisotopic (exact) mass is 314 g/mol. The summed E-state index contributed by atoms with van der Waals surface area (Å²) in [6.07, 6.45) is -0.847. The van der Waals surface area contributed by atoms with Crippen LogP contribution in [0.3, 0.4) is 0 Å². The first-order chi connectivity index (χ1) is 9.51. The molecule has 2 nitrogen and oxygen atoms in total. The van der Waals surface area contributed by atoms with E-state index < -0.39 is 11.9 Å². The third-order valence-corrected chi connectivity index (χ3v) is 3.44. The Kier molecular flexibility index (Phi) is 4.86. The molecular formula is C15H13Cl2FO2. The molecule has 20 heavy (non-hydrogen) atoms. The fraction of sp³-hybridized carbons (Fsp3) is 0.200. The molecule has 0 saturated heterocycles. The molecule has 0 aliphatic heterocycles. The molecule has 0 heterocycles. The summed E-state index contributed by atoms with van der Waals surface area (Å²) in [5.41, 5.74) is 0.853. The van der Waals surface area contributed by atoms with Gasteiger partial charge in [-0.15, -0.1) is 0 Å². The van der Waals surface area contributed by atoms with Gasteiger partial charge in [0.25, 0.3) is 0 Å². The van der Waals surface area contributed by atoms with Crippen molar-refractivity contribution in [3.8, 4) is 5.75 Å². The molecule has 0 amide bonds. The molecule has 0 aliphatic carbocycles. The maximum atomic E-state index is 13.7. The Morgan fingerprint density at radius 2 is 1.80 bits per heavy atom. The van der Waals surface area contributed by atoms with Gasteiger partial charge in [-0.2, -0.15) is 0 Å². The predicted octanol–water partition coefficient (Wildman–Crippen LogP) is 4.42. The van der Waals surface area contributed by atoms with Crippen LogP contribution >= 0.6 is 23.2 Å². The summed E-state index contributed by atoms with van der Waals surface area (Å²) in [7, 11) is 1.50. The number of methoxy groups -OCH3 is 1. The lowest BCUT2D eigenvalue weighted by molar-refractivity contribution is 0.173. The highest BCUT2D eigenvalue weighted by Crippen LogP contribution is 2.31. The van der Waals surface area contributed by atoms with Crippen molar-refractivity contribution in [2.75, 3.05) is 7.11 Å². The summed E-state index contributed by atoms with van der Waals surface area (Å²) in [4.78, 5) is 0. The van der Waals surface area contributed by atoms with Gasteiger partial charge in [-0.05, 0) is 42.0 Å². The van der Waals surface area contributed by atoms with E-state index in [-0.39, 0.29) is 6.42 Å². The Balaban J connectivity index is 2.30. The van der Waals surface area contributed by atoms with E-state index in [0.29, 0.717) is 26.9 Å². The summed E-state index contributed by atoms with van der Waals surface area (Å²) in [6, 6.07) is 9.17. The summed E-state index contributed by atoms with van der Waals surface area (Å²) < 4.78 is 18.9. The Bertz CT molecular complexity index is 617. The van der Waals surface area contributed by atoms with Gasteiger partial charge in [0.2, 0.25) is 0 Å². The molecule has 2 rings (SSSR count). The largest absolute Gasteiger partial charge is 0.496 e. The van der Waals surface area contributed by atoms with Gasteiger partial charge >= 0.3 is 0 Å². The molecule has 2 aromatic carbocycles. The van der Waals surface area contributed by atoms with Crippen LogP contribution in [0.25, 0.3) is 0 Å². The predicted molar refractivity (Wildman–Crippen MR) is 78.1 cm³/mol. The van der Waals surface area contributed by atoms with Crippen molar-refractivity contribution in [3.63, 3.8) is 0 Å². The van der Waals surface area contributed by atoms with Crippen molar-refractivity contribution in [1.29, 1.82) is 0 Å². The zero-order valence-corrected chi connectivity index (χ0v) is 12.2. The molecule has 1 unspecified atom stereocenters. The van der Waals surface area contributed by atoms with Gasteiger partial charge in [-0.25, -0.2) is 4.39 Å². The molecule has 0 spiro atoms. The topological polar surface area (TPSA) is 29.5 Å². The Hall–Kier alpha value is -1.29. The highest BCUT2D eigenvalue weighted by Gasteiger charge is 2.16. The maximum Gasteiger partial charge on any atom is 0.126 e. The number of halogens is 3. The molecule has 5 heteroatoms. The second-order valence-electron chi connectivity index (χ2n) is 4.34. The van der Waals surface area contributed by atoms with Crippen LogP contribution in [-0.2, 0) is 6.42 Å². The lowest BCUT2D eigenvalue weighted by Gasteiger charge is -2.15. The molecule has 2 aromatic rings. The van der Waals surface area contributed by atoms with Gasteiger partial charge in [0.15, 0.2) is 0 Å². The Labute approximate surface area is 126 Å². The minimum atomic E-state index is -0.934. The SMILES string of the molecule is COc1ccc(Cl)cc1C(O)Cc1cc(Cl)ccc1F. The quantitative estimate of drug-likeness (QED) is 0.905. The maximum absolute atomic E-state index is 13.7. The lowest BCUT2D eigenvalue weighted by atomic mass is 10.0. The van der Waals surface area contributed by atoms with E-state index in [0.717, 1.165) is 0 Å². The van der Waals surface area contributed by atoms with E-state index in [1.54, 1.807) is 18.2 Å². The van der Waals surface area contributed by atoms with Gasteiger partial charge < -0.3 is 9.84 Å². The summed E-state index contributed by atoms with van der Waals surface area (Å²) >= 11 is 11.8. The van der Waals surface area contributed by atoms with Gasteiger partial charge in [0.05, 0.1) is 13.2 Å². The zero-order valence-electron chi connectivity index (χ0n) is 10.7. The number of ether oxygens (including phenoxy) is 1. The third kappa shape index (κ3) is 3.42. The highest BCUT2D eigenvalue weighted by atomic mass is 35.5. The smallest absolute Gasteiger partial charge is 0.126 e. The van der Waals surface area contributed by atoms with E-state index in [1.807, 2.05) is 0 Å². The van der Waals surface area contributed by atoms with Gasteiger partial charge in [0, 0.05) is 22.0 Å². The molecular weight excluding hydrogens is 302 g/mol. The number of aliphatic hydroxyl groups is 1. The fourth-order valence-corrected chi connectivity index (χ4v) is 2.36. The summed E-state index contributed by atoms with van der Waals surface area (Å²) in [5.74, 6) is 0.0961. The summed E-state index contributed by atoms with van der Waals surface area (Å²) in [5, 5.41) is 11.2. The second-order valence-corrected chi connectivity index (χ2v) is 5.21. The fourth-order valence-electron chi connectivity index (χ4n) is 1.98. The van der Waals surface area contributed by atoms with Crippen LogP contribution in [0.4, 0.5) is 4.39 Å². The number of rotatable bonds is 4. The van der Waals surface area contributed by atoms with E-state index >= 15 is 0 Å². The molecule has 0 bridgehead atoms. The average molecular weight is 315 g/mol. The lowest BCUT2D eigenvalue weighted by Crippen LogP contribution is -2.05. The first-order valence-corrected chi connectivity index (χ1v) is 6.72. The van der Waals surface area contributed by atoms with Crippen molar-refractivity contribution in [2.24, 2.45) is 0 Å². The van der Waals surface area contributed by atoms with Crippen molar-refractivity contribution < 1.29 is 14.2 Å². The molecule has 0 aromatic heterocycles. The number of benzene rings is 2. The molecule has 0 saturated carbocycles. The van der Waals surface area contributed by atoms with Crippen LogP contribution in [0.15, 0.2) is 36.4 Å². The van der Waals surface area contributed by atoms with Crippen LogP contribution < -0.4 is 4.74 Å². The molecule has 1 N–H and O–H groups in total. The highest BCUT2D eigenvalue weighted by molar-refractivity contribution is 6.31. The van der Waals surface area contributed by atoms with Gasteiger partial charge in [-0.1, -0.05) is 23.2 Å². The van der Waals surface area contributed by atoms with Crippen molar-refractivity contribution in [3.05, 3.63) is 63.4 Å². The van der Waals surface area contributed by atoms with Crippen LogP contribution in [0.2, 0.25) is 10.0 Å². The Morgan fingerprint density at radius 1 is 1.15 bits per heavy atom. The summed E-state index contributed by atoms with van der Waals surface area (Å²) in [6.45, 7) is 0. The van der Waals surface area contributed by atoms with Crippen molar-refractivity contribution in [2.45, 2.75) is 12.5 Å². The standard InChI is InChI=1S/C15H13Cl2FO2/c1-20-15-5-3-11(17)8-12(15)14(19)7-9-6-10(16)2-4-13(9)18/h2-6,8,14,19H,7H2,1H3. The first kappa shape index (κ1) is 15.1. The van der Waals surface area contributed by atoms with Gasteiger partial charge in [0.1, 0.15) is 11.6 Å². The van der Waals surface area contributed by atoms with Crippen LogP contribution in [-0.4, -0.2) is 12.2 Å². The minimum Gasteiger partial charge on any atom is -0.496 e. The van der Waals surface area contributed by atoms with E-state index in [2.05, 4.69) is 0 Å². The van der Waals surface area contributed by atoms with Gasteiger partial charge in [-0.3, -0.25) is 0 Å². The molecule has 0 aliphatic rings. The van der Waals surface area contributed by atoms with Crippen LogP contribution in [0, 0.1) is 5.82 Å². The molecule has 0 radical (unpaired) electrons. The third-order valence-electron chi connectivity index (χ3n) is 2.97. The Morgan fingerprint density at radius 3 is 2.50 bits per heavy atom. The van der Waals surface area contributed by atoms with E-state index in [9.17, 15) is 9.50 Å². The molecule has 106 valence electrons. The van der Waals surface area contributed by atoms with Crippen LogP contribution in [0.5, 0.6) is 5.75 Å². The average Bonchev–Trinajstić information content (AvgIpc) is 2.42. The normalized spacial score (nSPS) is 12.2. The second kappa shape index (κ2) is 6.44. The van der Waals surface area contributed by atoms with Crippen LogP contribution in [0.1, 0.15) is 17.2 Å². The van der Waals surface area contributed by atoms with E-state index in [4.69, 9.17) is 27.9 Å². The van der Waals surface area contributed by atoms with Crippen molar-refractivity contribution in [1.82, 2.24) is 0 Å². The first-order valence-electron chi connectivity index (χ1n) is 5.96. The molecule has 0 fully saturated rings. The molecule has 1 atom stereocenters. The van der Waals surface area contributed by atoms with E-state index in [1.165, 1.54) is 25.3 Å². The number of hydrogen-bond donors (Lipinski definition) is 1. The number of aliphatic hydroxyl groups excluding tert-OH is 1. The number of hydrogen-bond acceptors (Lipinski definition) is 2. The van der Waals surface area contributed by atoms with Crippen molar-refractivity contribution >= 4 is 23.2 Å². The minimum absolute atomic E-state index is 0.0864. The zero-order chi connectivity index (χ0) is 14.7.